The molecule has 0 aliphatic rings. The van der Waals surface area contributed by atoms with Crippen LogP contribution in [0.25, 0.3) is 0 Å². The number of aryl methyl sites for hydroxylation is 3. The molecule has 1 aromatic heterocycles. The number of halogens is 1. The van der Waals surface area contributed by atoms with Gasteiger partial charge in [0.15, 0.2) is 5.96 Å². The van der Waals surface area contributed by atoms with Gasteiger partial charge in [0.05, 0.1) is 5.69 Å². The summed E-state index contributed by atoms with van der Waals surface area (Å²) in [5.41, 5.74) is 5.68. The number of benzene rings is 1. The average Bonchev–Trinajstić information content (AvgIpc) is 2.82. The van der Waals surface area contributed by atoms with Gasteiger partial charge in [0, 0.05) is 32.4 Å². The smallest absolute Gasteiger partial charge is 0.191 e. The van der Waals surface area contributed by atoms with Crippen LogP contribution in [0.1, 0.15) is 35.0 Å². The molecule has 1 aromatic carbocycles. The Hall–Kier alpha value is -2.37. The lowest BCUT2D eigenvalue weighted by atomic mass is 10.1. The van der Waals surface area contributed by atoms with E-state index in [0.29, 0.717) is 6.54 Å². The number of nitrogens with one attached hydrogen (secondary N) is 2. The maximum atomic E-state index is 13.2. The van der Waals surface area contributed by atoms with Crippen molar-refractivity contribution in [2.24, 2.45) is 12.0 Å². The molecule has 0 saturated heterocycles. The zero-order chi connectivity index (χ0) is 19.1. The summed E-state index contributed by atoms with van der Waals surface area (Å²) in [7, 11) is 1.97. The van der Waals surface area contributed by atoms with Gasteiger partial charge in [0.25, 0.3) is 0 Å². The summed E-state index contributed by atoms with van der Waals surface area (Å²) in [5.74, 6) is 0.626. The zero-order valence-electron chi connectivity index (χ0n) is 16.5. The van der Waals surface area contributed by atoms with Gasteiger partial charge < -0.3 is 10.6 Å². The van der Waals surface area contributed by atoms with Crippen LogP contribution in [0.4, 0.5) is 4.39 Å². The van der Waals surface area contributed by atoms with E-state index in [9.17, 15) is 4.39 Å². The van der Waals surface area contributed by atoms with Crippen molar-refractivity contribution in [1.82, 2.24) is 20.4 Å². The lowest BCUT2D eigenvalue weighted by Crippen LogP contribution is -2.38. The van der Waals surface area contributed by atoms with Crippen LogP contribution in [0.5, 0.6) is 0 Å². The monoisotopic (exact) mass is 359 g/mol. The van der Waals surface area contributed by atoms with Crippen molar-refractivity contribution in [2.45, 2.75) is 40.5 Å². The fraction of sp³-hybridized carbons (Fsp3) is 0.500. The van der Waals surface area contributed by atoms with Gasteiger partial charge in [-0.15, -0.1) is 0 Å². The molecule has 0 radical (unpaired) electrons. The van der Waals surface area contributed by atoms with Crippen molar-refractivity contribution in [3.8, 4) is 0 Å². The highest BCUT2D eigenvalue weighted by Crippen LogP contribution is 2.12. The van der Waals surface area contributed by atoms with Crippen molar-refractivity contribution < 1.29 is 4.39 Å². The summed E-state index contributed by atoms with van der Waals surface area (Å²) < 4.78 is 15.1. The van der Waals surface area contributed by atoms with E-state index in [1.165, 1.54) is 17.3 Å². The molecule has 0 bridgehead atoms. The number of guanidine groups is 1. The van der Waals surface area contributed by atoms with E-state index in [1.807, 2.05) is 31.6 Å². The van der Waals surface area contributed by atoms with E-state index in [1.54, 1.807) is 6.07 Å². The second-order valence-corrected chi connectivity index (χ2v) is 6.53. The molecular formula is C20H30FN5. The first-order valence-electron chi connectivity index (χ1n) is 9.18. The Bertz CT molecular complexity index is 764. The third-order valence-corrected chi connectivity index (χ3v) is 4.63. The number of hydrogen-bond acceptors (Lipinski definition) is 2. The van der Waals surface area contributed by atoms with Crippen LogP contribution in [-0.2, 0) is 19.9 Å². The number of nitrogens with zero attached hydrogens (tertiary/aromatic N) is 3. The quantitative estimate of drug-likeness (QED) is 0.590. The Kier molecular flexibility index (Phi) is 7.18. The lowest BCUT2D eigenvalue weighted by Gasteiger charge is -2.12. The minimum atomic E-state index is -0.185. The molecule has 0 saturated carbocycles. The summed E-state index contributed by atoms with van der Waals surface area (Å²) >= 11 is 0. The normalized spacial score (nSPS) is 11.7. The van der Waals surface area contributed by atoms with Crippen molar-refractivity contribution in [2.75, 3.05) is 19.6 Å². The maximum absolute atomic E-state index is 13.2. The van der Waals surface area contributed by atoms with E-state index in [4.69, 9.17) is 0 Å². The third-order valence-electron chi connectivity index (χ3n) is 4.63. The van der Waals surface area contributed by atoms with E-state index in [2.05, 4.69) is 34.6 Å². The molecule has 26 heavy (non-hydrogen) atoms. The Morgan fingerprint density at radius 1 is 1.19 bits per heavy atom. The third kappa shape index (κ3) is 5.31. The van der Waals surface area contributed by atoms with Crippen LogP contribution in [0.2, 0.25) is 0 Å². The van der Waals surface area contributed by atoms with Crippen LogP contribution >= 0.6 is 0 Å². The van der Waals surface area contributed by atoms with E-state index in [0.717, 1.165) is 48.7 Å². The molecule has 2 rings (SSSR count). The number of rotatable bonds is 7. The topological polar surface area (TPSA) is 54.2 Å². The van der Waals surface area contributed by atoms with Crippen LogP contribution < -0.4 is 10.6 Å². The molecule has 6 heteroatoms. The number of aromatic nitrogens is 2. The summed E-state index contributed by atoms with van der Waals surface area (Å²) in [6.07, 6.45) is 1.70. The molecule has 0 atom stereocenters. The van der Waals surface area contributed by atoms with Crippen molar-refractivity contribution in [3.05, 3.63) is 52.1 Å². The van der Waals surface area contributed by atoms with E-state index < -0.39 is 0 Å². The van der Waals surface area contributed by atoms with Gasteiger partial charge in [-0.05, 0) is 69.4 Å². The fourth-order valence-electron chi connectivity index (χ4n) is 3.06. The maximum Gasteiger partial charge on any atom is 0.191 e. The average molecular weight is 359 g/mol. The summed E-state index contributed by atoms with van der Waals surface area (Å²) in [6.45, 7) is 10.4. The molecule has 2 aromatic rings. The summed E-state index contributed by atoms with van der Waals surface area (Å²) in [4.78, 5) is 4.67. The largest absolute Gasteiger partial charge is 0.357 e. The van der Waals surface area contributed by atoms with Gasteiger partial charge in [0.2, 0.25) is 0 Å². The second-order valence-electron chi connectivity index (χ2n) is 6.53. The molecule has 0 spiro atoms. The first-order chi connectivity index (χ1) is 12.4. The van der Waals surface area contributed by atoms with Gasteiger partial charge >= 0.3 is 0 Å². The van der Waals surface area contributed by atoms with Gasteiger partial charge in [0.1, 0.15) is 5.82 Å². The first kappa shape index (κ1) is 19.9. The van der Waals surface area contributed by atoms with Crippen LogP contribution in [0.3, 0.4) is 0 Å². The van der Waals surface area contributed by atoms with Crippen molar-refractivity contribution >= 4 is 5.96 Å². The molecule has 0 aliphatic carbocycles. The zero-order valence-corrected chi connectivity index (χ0v) is 16.5. The van der Waals surface area contributed by atoms with E-state index >= 15 is 0 Å². The molecule has 5 nitrogen and oxygen atoms in total. The highest BCUT2D eigenvalue weighted by atomic mass is 19.1. The Balaban J connectivity index is 1.89. The molecule has 0 fully saturated rings. The fourth-order valence-corrected chi connectivity index (χ4v) is 3.06. The predicted molar refractivity (Wildman–Crippen MR) is 105 cm³/mol. The van der Waals surface area contributed by atoms with Crippen molar-refractivity contribution in [3.63, 3.8) is 0 Å². The lowest BCUT2D eigenvalue weighted by molar-refractivity contribution is 0.625. The van der Waals surface area contributed by atoms with Gasteiger partial charge in [-0.25, -0.2) is 4.39 Å². The summed E-state index contributed by atoms with van der Waals surface area (Å²) in [5, 5.41) is 11.1. The second kappa shape index (κ2) is 9.36. The van der Waals surface area contributed by atoms with Crippen LogP contribution in [0.15, 0.2) is 23.2 Å². The highest BCUT2D eigenvalue weighted by molar-refractivity contribution is 5.79. The minimum Gasteiger partial charge on any atom is -0.357 e. The molecule has 0 amide bonds. The minimum absolute atomic E-state index is 0.185. The molecular weight excluding hydrogens is 329 g/mol. The van der Waals surface area contributed by atoms with E-state index in [-0.39, 0.29) is 5.82 Å². The molecule has 0 unspecified atom stereocenters. The number of aliphatic imine (C=N–C) groups is 1. The van der Waals surface area contributed by atoms with Gasteiger partial charge in [-0.3, -0.25) is 9.67 Å². The molecule has 142 valence electrons. The Labute approximate surface area is 155 Å². The predicted octanol–water partition coefficient (Wildman–Crippen LogP) is 2.82. The number of hydrogen-bond donors (Lipinski definition) is 2. The Morgan fingerprint density at radius 3 is 2.58 bits per heavy atom. The molecule has 1 heterocycles. The highest BCUT2D eigenvalue weighted by Gasteiger charge is 2.08. The summed E-state index contributed by atoms with van der Waals surface area (Å²) in [6, 6.07) is 4.94. The van der Waals surface area contributed by atoms with Crippen LogP contribution in [-0.4, -0.2) is 35.4 Å². The SMILES string of the molecule is CCNC(=NCCc1c(C)nn(C)c1C)NCCc1ccc(F)cc1C. The van der Waals surface area contributed by atoms with Gasteiger partial charge in [-0.2, -0.15) is 5.10 Å². The molecule has 2 N–H and O–H groups in total. The van der Waals surface area contributed by atoms with Crippen LogP contribution in [0, 0.1) is 26.6 Å². The van der Waals surface area contributed by atoms with Gasteiger partial charge in [-0.1, -0.05) is 6.07 Å². The first-order valence-corrected chi connectivity index (χ1v) is 9.18. The standard InChI is InChI=1S/C20H30FN5/c1-6-22-20(23-11-9-17-7-8-18(21)13-14(17)2)24-12-10-19-15(3)25-26(5)16(19)4/h7-8,13H,6,9-12H2,1-5H3,(H2,22,23,24). The molecule has 0 aliphatic heterocycles. The van der Waals surface area contributed by atoms with Crippen molar-refractivity contribution in [1.29, 1.82) is 0 Å². The Morgan fingerprint density at radius 2 is 1.96 bits per heavy atom.